The Bertz CT molecular complexity index is 1010. The number of rotatable bonds is 6. The van der Waals surface area contributed by atoms with E-state index in [0.29, 0.717) is 30.2 Å². The molecule has 2 amide bonds. The van der Waals surface area contributed by atoms with E-state index in [1.165, 1.54) is 7.11 Å². The Labute approximate surface area is 173 Å². The van der Waals surface area contributed by atoms with Gasteiger partial charge in [-0.05, 0) is 18.6 Å². The molecule has 4 rings (SSSR count). The lowest BCUT2D eigenvalue weighted by atomic mass is 10.1. The predicted molar refractivity (Wildman–Crippen MR) is 108 cm³/mol. The molecule has 0 bridgehead atoms. The molecular weight excluding hydrogens is 384 g/mol. The first-order chi connectivity index (χ1) is 14.7. The van der Waals surface area contributed by atoms with Crippen LogP contribution in [0.1, 0.15) is 28.6 Å². The van der Waals surface area contributed by atoms with Crippen molar-refractivity contribution in [3.63, 3.8) is 0 Å². The van der Waals surface area contributed by atoms with Gasteiger partial charge in [0.2, 0.25) is 5.91 Å². The van der Waals surface area contributed by atoms with Crippen LogP contribution in [0.2, 0.25) is 0 Å². The van der Waals surface area contributed by atoms with Crippen LogP contribution < -0.4 is 5.32 Å². The van der Waals surface area contributed by atoms with Crippen molar-refractivity contribution in [3.8, 4) is 11.4 Å². The van der Waals surface area contributed by atoms with Crippen molar-refractivity contribution in [3.05, 3.63) is 66.2 Å². The molecule has 0 saturated carbocycles. The SMILES string of the molecule is COCC(=O)N[C@H]1C[C@@H](c2nc(-c3ccccc3)n[nH]2)N(C(=O)c2ccncc2)C1. The third-order valence-corrected chi connectivity index (χ3v) is 4.98. The average molecular weight is 406 g/mol. The quantitative estimate of drug-likeness (QED) is 0.643. The summed E-state index contributed by atoms with van der Waals surface area (Å²) in [6.07, 6.45) is 3.69. The van der Waals surface area contributed by atoms with Crippen LogP contribution >= 0.6 is 0 Å². The number of ether oxygens (including phenoxy) is 1. The first-order valence-corrected chi connectivity index (χ1v) is 9.62. The van der Waals surface area contributed by atoms with Gasteiger partial charge in [-0.25, -0.2) is 4.98 Å². The maximum atomic E-state index is 13.2. The van der Waals surface area contributed by atoms with Crippen LogP contribution in [0.4, 0.5) is 0 Å². The maximum Gasteiger partial charge on any atom is 0.254 e. The topological polar surface area (TPSA) is 113 Å². The molecule has 30 heavy (non-hydrogen) atoms. The van der Waals surface area contributed by atoms with Crippen molar-refractivity contribution in [2.75, 3.05) is 20.3 Å². The monoisotopic (exact) mass is 406 g/mol. The summed E-state index contributed by atoms with van der Waals surface area (Å²) in [6, 6.07) is 12.4. The van der Waals surface area contributed by atoms with Gasteiger partial charge in [0.1, 0.15) is 12.4 Å². The Kier molecular flexibility index (Phi) is 5.80. The molecule has 9 nitrogen and oxygen atoms in total. The van der Waals surface area contributed by atoms with Gasteiger partial charge in [-0.15, -0.1) is 0 Å². The lowest BCUT2D eigenvalue weighted by molar-refractivity contribution is -0.125. The zero-order valence-electron chi connectivity index (χ0n) is 16.5. The maximum absolute atomic E-state index is 13.2. The predicted octanol–water partition coefficient (Wildman–Crippen LogP) is 1.59. The number of methoxy groups -OCH3 is 1. The molecule has 1 aliphatic rings. The zero-order valence-corrected chi connectivity index (χ0v) is 16.5. The van der Waals surface area contributed by atoms with Crippen LogP contribution in [0.5, 0.6) is 0 Å². The van der Waals surface area contributed by atoms with Crippen LogP contribution in [-0.4, -0.2) is 63.2 Å². The van der Waals surface area contributed by atoms with Gasteiger partial charge in [0.25, 0.3) is 5.91 Å². The van der Waals surface area contributed by atoms with E-state index in [9.17, 15) is 9.59 Å². The Morgan fingerprint density at radius 2 is 1.97 bits per heavy atom. The molecular formula is C21H22N6O3. The van der Waals surface area contributed by atoms with E-state index < -0.39 is 0 Å². The summed E-state index contributed by atoms with van der Waals surface area (Å²) < 4.78 is 4.89. The minimum Gasteiger partial charge on any atom is -0.375 e. The van der Waals surface area contributed by atoms with E-state index in [1.54, 1.807) is 29.4 Å². The summed E-state index contributed by atoms with van der Waals surface area (Å²) in [6.45, 7) is 0.336. The number of aromatic nitrogens is 4. The summed E-state index contributed by atoms with van der Waals surface area (Å²) in [5.74, 6) is 0.777. The molecule has 2 aromatic heterocycles. The van der Waals surface area contributed by atoms with E-state index in [0.717, 1.165) is 5.56 Å². The summed E-state index contributed by atoms with van der Waals surface area (Å²) in [5.41, 5.74) is 1.41. The molecule has 2 atom stereocenters. The molecule has 0 spiro atoms. The summed E-state index contributed by atoms with van der Waals surface area (Å²) in [5, 5.41) is 10.2. The van der Waals surface area contributed by atoms with Gasteiger partial charge in [0.05, 0.1) is 6.04 Å². The number of H-pyrrole nitrogens is 1. The number of nitrogens with zero attached hydrogens (tertiary/aromatic N) is 4. The number of carbonyl (C=O) groups is 2. The van der Waals surface area contributed by atoms with Gasteiger partial charge in [-0.2, -0.15) is 5.10 Å². The molecule has 1 aromatic carbocycles. The van der Waals surface area contributed by atoms with Gasteiger partial charge in [0, 0.05) is 43.2 Å². The van der Waals surface area contributed by atoms with Crippen molar-refractivity contribution in [2.45, 2.75) is 18.5 Å². The standard InChI is InChI=1S/C21H22N6O3/c1-30-13-18(28)23-16-11-17(27(12-16)21(29)15-7-9-22-10-8-15)20-24-19(25-26-20)14-5-3-2-4-6-14/h2-10,16-17H,11-13H2,1H3,(H,23,28)(H,24,25,26)/t16-,17-/m0/s1. The van der Waals surface area contributed by atoms with Crippen molar-refractivity contribution in [1.29, 1.82) is 0 Å². The minimum atomic E-state index is -0.344. The highest BCUT2D eigenvalue weighted by molar-refractivity contribution is 5.94. The highest BCUT2D eigenvalue weighted by Crippen LogP contribution is 2.32. The minimum absolute atomic E-state index is 0.0278. The summed E-state index contributed by atoms with van der Waals surface area (Å²) in [7, 11) is 1.47. The molecule has 2 N–H and O–H groups in total. The Morgan fingerprint density at radius 1 is 1.20 bits per heavy atom. The summed E-state index contributed by atoms with van der Waals surface area (Å²) >= 11 is 0. The Hall–Kier alpha value is -3.59. The van der Waals surface area contributed by atoms with Crippen molar-refractivity contribution >= 4 is 11.8 Å². The van der Waals surface area contributed by atoms with Gasteiger partial charge in [-0.1, -0.05) is 30.3 Å². The number of likely N-dealkylation sites (tertiary alicyclic amines) is 1. The fraction of sp³-hybridized carbons (Fsp3) is 0.286. The number of amides is 2. The van der Waals surface area contributed by atoms with E-state index >= 15 is 0 Å². The molecule has 154 valence electrons. The smallest absolute Gasteiger partial charge is 0.254 e. The lowest BCUT2D eigenvalue weighted by Gasteiger charge is -2.22. The number of hydrogen-bond acceptors (Lipinski definition) is 6. The number of pyridine rings is 1. The highest BCUT2D eigenvalue weighted by Gasteiger charge is 2.39. The number of carbonyl (C=O) groups excluding carboxylic acids is 2. The van der Waals surface area contributed by atoms with Gasteiger partial charge >= 0.3 is 0 Å². The molecule has 0 aliphatic carbocycles. The zero-order chi connectivity index (χ0) is 20.9. The molecule has 0 radical (unpaired) electrons. The van der Waals surface area contributed by atoms with Crippen molar-refractivity contribution < 1.29 is 14.3 Å². The lowest BCUT2D eigenvalue weighted by Crippen LogP contribution is -2.40. The first kappa shape index (κ1) is 19.7. The Morgan fingerprint density at radius 3 is 2.70 bits per heavy atom. The largest absolute Gasteiger partial charge is 0.375 e. The number of benzene rings is 1. The second-order valence-electron chi connectivity index (χ2n) is 7.05. The Balaban J connectivity index is 1.60. The van der Waals surface area contributed by atoms with Gasteiger partial charge < -0.3 is 15.0 Å². The molecule has 9 heteroatoms. The normalized spacial score (nSPS) is 18.4. The second kappa shape index (κ2) is 8.83. The third kappa shape index (κ3) is 4.20. The van der Waals surface area contributed by atoms with Gasteiger partial charge in [0.15, 0.2) is 5.82 Å². The molecule has 0 unspecified atom stereocenters. The molecule has 3 aromatic rings. The molecule has 1 saturated heterocycles. The summed E-state index contributed by atoms with van der Waals surface area (Å²) in [4.78, 5) is 35.5. The van der Waals surface area contributed by atoms with E-state index in [1.807, 2.05) is 30.3 Å². The van der Waals surface area contributed by atoms with E-state index in [2.05, 4.69) is 25.5 Å². The molecule has 3 heterocycles. The highest BCUT2D eigenvalue weighted by atomic mass is 16.5. The van der Waals surface area contributed by atoms with Crippen LogP contribution in [0.15, 0.2) is 54.9 Å². The van der Waals surface area contributed by atoms with Crippen LogP contribution in [0, 0.1) is 0 Å². The van der Waals surface area contributed by atoms with Crippen LogP contribution in [0.25, 0.3) is 11.4 Å². The molecule has 1 fully saturated rings. The van der Waals surface area contributed by atoms with Crippen molar-refractivity contribution in [1.82, 2.24) is 30.4 Å². The first-order valence-electron chi connectivity index (χ1n) is 9.62. The molecule has 1 aliphatic heterocycles. The van der Waals surface area contributed by atoms with Crippen molar-refractivity contribution in [2.24, 2.45) is 0 Å². The number of hydrogen-bond donors (Lipinski definition) is 2. The van der Waals surface area contributed by atoms with E-state index in [-0.39, 0.29) is 30.5 Å². The number of nitrogens with one attached hydrogen (secondary N) is 2. The van der Waals surface area contributed by atoms with E-state index in [4.69, 9.17) is 4.74 Å². The fourth-order valence-electron chi connectivity index (χ4n) is 3.62. The second-order valence-corrected chi connectivity index (χ2v) is 7.05. The van der Waals surface area contributed by atoms with Gasteiger partial charge in [-0.3, -0.25) is 19.7 Å². The third-order valence-electron chi connectivity index (χ3n) is 4.98. The average Bonchev–Trinajstić information content (AvgIpc) is 3.42. The fourth-order valence-corrected chi connectivity index (χ4v) is 3.62. The van der Waals surface area contributed by atoms with Crippen LogP contribution in [0.3, 0.4) is 0 Å². The van der Waals surface area contributed by atoms with Crippen LogP contribution in [-0.2, 0) is 9.53 Å². The number of aromatic amines is 1.